The number of nitrogens with one attached hydrogen (secondary N) is 1. The number of hydrogen-bond donors (Lipinski definition) is 1. The van der Waals surface area contributed by atoms with Crippen molar-refractivity contribution < 1.29 is 4.79 Å². The highest BCUT2D eigenvalue weighted by atomic mass is 16.2. The molecule has 0 bridgehead atoms. The van der Waals surface area contributed by atoms with Crippen LogP contribution in [0, 0.1) is 0 Å². The maximum atomic E-state index is 12.7. The first-order valence-electron chi connectivity index (χ1n) is 9.35. The van der Waals surface area contributed by atoms with Crippen LogP contribution in [0.25, 0.3) is 0 Å². The Labute approximate surface area is 148 Å². The molecule has 2 aromatic rings. The molecule has 4 heteroatoms. The molecule has 25 heavy (non-hydrogen) atoms. The Bertz CT molecular complexity index is 762. The zero-order chi connectivity index (χ0) is 17.1. The van der Waals surface area contributed by atoms with E-state index in [0.29, 0.717) is 5.92 Å². The Balaban J connectivity index is 1.48. The average Bonchev–Trinajstić information content (AvgIpc) is 3.34. The van der Waals surface area contributed by atoms with Crippen LogP contribution in [0.3, 0.4) is 0 Å². The number of piperidine rings is 1. The SMILES string of the molecule is O=C(C1=CCCC1)N1CCCC(c2[nH]ncc2Cc2ccccc2)C1. The Morgan fingerprint density at radius 1 is 1.24 bits per heavy atom. The number of aromatic amines is 1. The number of nitrogens with zero attached hydrogens (tertiary/aromatic N) is 2. The topological polar surface area (TPSA) is 49.0 Å². The summed E-state index contributed by atoms with van der Waals surface area (Å²) in [6.45, 7) is 1.69. The first-order chi connectivity index (χ1) is 12.3. The number of allylic oxidation sites excluding steroid dienone is 1. The van der Waals surface area contributed by atoms with Crippen LogP contribution in [0.4, 0.5) is 0 Å². The molecule has 1 aromatic carbocycles. The van der Waals surface area contributed by atoms with Crippen LogP contribution < -0.4 is 0 Å². The lowest BCUT2D eigenvalue weighted by Crippen LogP contribution is -2.40. The summed E-state index contributed by atoms with van der Waals surface area (Å²) in [5.74, 6) is 0.618. The van der Waals surface area contributed by atoms with E-state index in [2.05, 4.69) is 45.4 Å². The number of carbonyl (C=O) groups is 1. The number of H-pyrrole nitrogens is 1. The van der Waals surface area contributed by atoms with Crippen LogP contribution in [0.15, 0.2) is 48.2 Å². The second-order valence-electron chi connectivity index (χ2n) is 7.18. The Kier molecular flexibility index (Phi) is 4.68. The summed E-state index contributed by atoms with van der Waals surface area (Å²) >= 11 is 0. The summed E-state index contributed by atoms with van der Waals surface area (Å²) in [6.07, 6.45) is 10.3. The number of benzene rings is 1. The number of likely N-dealkylation sites (tertiary alicyclic amines) is 1. The molecule has 4 nitrogen and oxygen atoms in total. The Morgan fingerprint density at radius 2 is 2.12 bits per heavy atom. The van der Waals surface area contributed by atoms with Gasteiger partial charge in [-0.25, -0.2) is 0 Å². The van der Waals surface area contributed by atoms with Crippen molar-refractivity contribution in [2.45, 2.75) is 44.4 Å². The molecule has 0 radical (unpaired) electrons. The van der Waals surface area contributed by atoms with Crippen molar-refractivity contribution in [1.82, 2.24) is 15.1 Å². The zero-order valence-corrected chi connectivity index (χ0v) is 14.6. The minimum absolute atomic E-state index is 0.256. The second-order valence-corrected chi connectivity index (χ2v) is 7.18. The molecule has 1 aromatic heterocycles. The number of rotatable bonds is 4. The third-order valence-corrected chi connectivity index (χ3v) is 5.42. The molecule has 2 aliphatic rings. The molecule has 1 amide bonds. The molecule has 1 aliphatic heterocycles. The number of amides is 1. The number of carbonyl (C=O) groups excluding carboxylic acids is 1. The highest BCUT2D eigenvalue weighted by molar-refractivity contribution is 5.93. The first-order valence-corrected chi connectivity index (χ1v) is 9.35. The van der Waals surface area contributed by atoms with Gasteiger partial charge in [0.15, 0.2) is 0 Å². The molecule has 1 N–H and O–H groups in total. The van der Waals surface area contributed by atoms with Crippen LogP contribution >= 0.6 is 0 Å². The summed E-state index contributed by atoms with van der Waals surface area (Å²) < 4.78 is 0. The van der Waals surface area contributed by atoms with Crippen molar-refractivity contribution in [3.05, 3.63) is 65.0 Å². The van der Waals surface area contributed by atoms with Gasteiger partial charge in [0.05, 0.1) is 6.20 Å². The van der Waals surface area contributed by atoms with E-state index in [9.17, 15) is 4.79 Å². The largest absolute Gasteiger partial charge is 0.338 e. The van der Waals surface area contributed by atoms with E-state index in [1.807, 2.05) is 12.3 Å². The molecule has 1 aliphatic carbocycles. The first kappa shape index (κ1) is 16.1. The third kappa shape index (κ3) is 3.53. The van der Waals surface area contributed by atoms with Gasteiger partial charge in [-0.1, -0.05) is 36.4 Å². The fourth-order valence-electron chi connectivity index (χ4n) is 4.10. The predicted molar refractivity (Wildman–Crippen MR) is 98.3 cm³/mol. The van der Waals surface area contributed by atoms with Crippen LogP contribution in [0.1, 0.15) is 54.8 Å². The van der Waals surface area contributed by atoms with Gasteiger partial charge >= 0.3 is 0 Å². The molecule has 1 fully saturated rings. The van der Waals surface area contributed by atoms with Crippen molar-refractivity contribution in [1.29, 1.82) is 0 Å². The summed E-state index contributed by atoms with van der Waals surface area (Å²) in [6, 6.07) is 10.5. The molecular formula is C21H25N3O. The highest BCUT2D eigenvalue weighted by Gasteiger charge is 2.29. The van der Waals surface area contributed by atoms with Crippen molar-refractivity contribution in [2.75, 3.05) is 13.1 Å². The normalized spacial score (nSPS) is 20.6. The Morgan fingerprint density at radius 3 is 2.92 bits per heavy atom. The fraction of sp³-hybridized carbons (Fsp3) is 0.429. The van der Waals surface area contributed by atoms with Gasteiger partial charge in [0.1, 0.15) is 0 Å². The van der Waals surface area contributed by atoms with Crippen molar-refractivity contribution in [3.63, 3.8) is 0 Å². The average molecular weight is 335 g/mol. The van der Waals surface area contributed by atoms with Gasteiger partial charge in [-0.05, 0) is 43.2 Å². The standard InChI is InChI=1S/C21H25N3O/c25-21(17-9-4-5-10-17)24-12-6-11-18(15-24)20-19(14-22-23-20)13-16-7-2-1-3-8-16/h1-3,7-9,14,18H,4-6,10-13,15H2,(H,22,23). The van der Waals surface area contributed by atoms with E-state index >= 15 is 0 Å². The summed E-state index contributed by atoms with van der Waals surface area (Å²) in [7, 11) is 0. The monoisotopic (exact) mass is 335 g/mol. The minimum atomic E-state index is 0.256. The molecule has 1 unspecified atom stereocenters. The molecule has 130 valence electrons. The molecule has 0 spiro atoms. The molecule has 1 atom stereocenters. The van der Waals surface area contributed by atoms with Crippen molar-refractivity contribution >= 4 is 5.91 Å². The molecule has 4 rings (SSSR count). The maximum Gasteiger partial charge on any atom is 0.249 e. The van der Waals surface area contributed by atoms with Crippen LogP contribution in [0.2, 0.25) is 0 Å². The van der Waals surface area contributed by atoms with Gasteiger partial charge in [0.25, 0.3) is 0 Å². The third-order valence-electron chi connectivity index (χ3n) is 5.42. The van der Waals surface area contributed by atoms with Crippen LogP contribution in [-0.2, 0) is 11.2 Å². The quantitative estimate of drug-likeness (QED) is 0.923. The summed E-state index contributed by atoms with van der Waals surface area (Å²) in [5.41, 5.74) is 4.78. The molecular weight excluding hydrogens is 310 g/mol. The van der Waals surface area contributed by atoms with E-state index in [1.165, 1.54) is 16.8 Å². The fourth-order valence-corrected chi connectivity index (χ4v) is 4.10. The van der Waals surface area contributed by atoms with Gasteiger partial charge in [0.2, 0.25) is 5.91 Å². The lowest BCUT2D eigenvalue weighted by atomic mass is 9.90. The Hall–Kier alpha value is -2.36. The van der Waals surface area contributed by atoms with E-state index in [4.69, 9.17) is 0 Å². The van der Waals surface area contributed by atoms with E-state index in [1.54, 1.807) is 0 Å². The predicted octanol–water partition coefficient (Wildman–Crippen LogP) is 3.82. The number of hydrogen-bond acceptors (Lipinski definition) is 2. The van der Waals surface area contributed by atoms with Gasteiger partial charge < -0.3 is 4.90 Å². The lowest BCUT2D eigenvalue weighted by Gasteiger charge is -2.33. The van der Waals surface area contributed by atoms with E-state index in [0.717, 1.165) is 57.2 Å². The van der Waals surface area contributed by atoms with E-state index in [-0.39, 0.29) is 5.91 Å². The van der Waals surface area contributed by atoms with Crippen molar-refractivity contribution in [3.8, 4) is 0 Å². The number of aromatic nitrogens is 2. The smallest absolute Gasteiger partial charge is 0.249 e. The van der Waals surface area contributed by atoms with Gasteiger partial charge in [-0.3, -0.25) is 9.89 Å². The van der Waals surface area contributed by atoms with Crippen LogP contribution in [0.5, 0.6) is 0 Å². The van der Waals surface area contributed by atoms with Gasteiger partial charge in [0, 0.05) is 36.7 Å². The van der Waals surface area contributed by atoms with E-state index < -0.39 is 0 Å². The summed E-state index contributed by atoms with van der Waals surface area (Å²) in [4.78, 5) is 14.8. The maximum absolute atomic E-state index is 12.7. The zero-order valence-electron chi connectivity index (χ0n) is 14.6. The van der Waals surface area contributed by atoms with Gasteiger partial charge in [-0.2, -0.15) is 5.10 Å². The lowest BCUT2D eigenvalue weighted by molar-refractivity contribution is -0.128. The molecule has 2 heterocycles. The molecule has 1 saturated heterocycles. The van der Waals surface area contributed by atoms with Crippen molar-refractivity contribution in [2.24, 2.45) is 0 Å². The minimum Gasteiger partial charge on any atom is -0.338 e. The summed E-state index contributed by atoms with van der Waals surface area (Å²) in [5, 5.41) is 7.52. The molecule has 0 saturated carbocycles. The highest BCUT2D eigenvalue weighted by Crippen LogP contribution is 2.30. The second kappa shape index (κ2) is 7.26. The van der Waals surface area contributed by atoms with Crippen LogP contribution in [-0.4, -0.2) is 34.1 Å². The van der Waals surface area contributed by atoms with Gasteiger partial charge in [-0.15, -0.1) is 0 Å².